The molecule has 1 aromatic carbocycles. The number of furan rings is 2. The molecule has 0 saturated heterocycles. The lowest BCUT2D eigenvalue weighted by atomic mass is 10.2. The molecule has 2 aromatic heterocycles. The van der Waals surface area contributed by atoms with Gasteiger partial charge in [-0.15, -0.1) is 0 Å². The molecule has 2 heterocycles. The van der Waals surface area contributed by atoms with Gasteiger partial charge in [0.15, 0.2) is 0 Å². The highest BCUT2D eigenvalue weighted by Gasteiger charge is 2.21. The van der Waals surface area contributed by atoms with Crippen molar-refractivity contribution >= 4 is 17.5 Å². The summed E-state index contributed by atoms with van der Waals surface area (Å²) in [5.41, 5.74) is 6.02. The van der Waals surface area contributed by atoms with Gasteiger partial charge in [-0.2, -0.15) is 0 Å². The average Bonchev–Trinajstić information content (AvgIpc) is 3.37. The first-order valence-electron chi connectivity index (χ1n) is 9.02. The molecule has 0 aliphatic heterocycles. The van der Waals surface area contributed by atoms with Gasteiger partial charge in [0, 0.05) is 18.7 Å². The second-order valence-electron chi connectivity index (χ2n) is 6.40. The van der Waals surface area contributed by atoms with Crippen LogP contribution in [0.1, 0.15) is 17.9 Å². The summed E-state index contributed by atoms with van der Waals surface area (Å²) < 4.78 is 10.9. The molecule has 7 heteroatoms. The molecule has 0 aliphatic carbocycles. The summed E-state index contributed by atoms with van der Waals surface area (Å²) in [5.74, 6) is 0.924. The van der Waals surface area contributed by atoms with Crippen molar-refractivity contribution in [3.8, 4) is 0 Å². The third-order valence-corrected chi connectivity index (χ3v) is 4.23. The number of carbonyl (C=O) groups excluding carboxylic acids is 2. The van der Waals surface area contributed by atoms with Gasteiger partial charge in [-0.25, -0.2) is 0 Å². The Morgan fingerprint density at radius 1 is 0.857 bits per heavy atom. The highest BCUT2D eigenvalue weighted by atomic mass is 16.3. The minimum absolute atomic E-state index is 0.0942. The van der Waals surface area contributed by atoms with Crippen molar-refractivity contribution in [3.05, 3.63) is 78.6 Å². The monoisotopic (exact) mass is 381 g/mol. The Labute approximate surface area is 163 Å². The second kappa shape index (κ2) is 9.57. The summed E-state index contributed by atoms with van der Waals surface area (Å²) in [6.45, 7) is 1.28. The number of nitrogens with zero attached hydrogens (tertiary/aromatic N) is 2. The Hall–Kier alpha value is -3.32. The first kappa shape index (κ1) is 19.4. The van der Waals surface area contributed by atoms with Crippen molar-refractivity contribution in [2.75, 3.05) is 18.0 Å². The average molecular weight is 381 g/mol. The van der Waals surface area contributed by atoms with Crippen LogP contribution in [0.25, 0.3) is 0 Å². The zero-order valence-electron chi connectivity index (χ0n) is 15.5. The Kier molecular flexibility index (Phi) is 6.64. The minimum atomic E-state index is -0.447. The zero-order chi connectivity index (χ0) is 19.8. The Morgan fingerprint density at radius 2 is 1.46 bits per heavy atom. The highest BCUT2D eigenvalue weighted by Crippen LogP contribution is 2.16. The molecule has 3 aromatic rings. The number of hydrogen-bond donors (Lipinski definition) is 1. The SMILES string of the molecule is NC(=O)CCN(C(=O)CN(Cc1ccco1)Cc1ccco1)c1ccccc1. The molecule has 0 spiro atoms. The maximum Gasteiger partial charge on any atom is 0.241 e. The number of rotatable bonds is 10. The lowest BCUT2D eigenvalue weighted by Crippen LogP contribution is -2.41. The normalized spacial score (nSPS) is 10.9. The van der Waals surface area contributed by atoms with Gasteiger partial charge in [0.05, 0.1) is 32.2 Å². The Bertz CT molecular complexity index is 824. The molecule has 0 atom stereocenters. The smallest absolute Gasteiger partial charge is 0.241 e. The summed E-state index contributed by atoms with van der Waals surface area (Å²) in [5, 5.41) is 0. The van der Waals surface area contributed by atoms with Crippen LogP contribution < -0.4 is 10.6 Å². The fourth-order valence-electron chi connectivity index (χ4n) is 2.92. The number of hydrogen-bond acceptors (Lipinski definition) is 5. The molecule has 0 bridgehead atoms. The van der Waals surface area contributed by atoms with Gasteiger partial charge in [0.2, 0.25) is 11.8 Å². The summed E-state index contributed by atoms with van der Waals surface area (Å²) in [4.78, 5) is 27.9. The van der Waals surface area contributed by atoms with Gasteiger partial charge in [0.1, 0.15) is 11.5 Å². The Morgan fingerprint density at radius 3 is 1.96 bits per heavy atom. The van der Waals surface area contributed by atoms with Crippen molar-refractivity contribution in [3.63, 3.8) is 0 Å². The van der Waals surface area contributed by atoms with Crippen molar-refractivity contribution in [1.82, 2.24) is 4.90 Å². The van der Waals surface area contributed by atoms with E-state index in [4.69, 9.17) is 14.6 Å². The van der Waals surface area contributed by atoms with E-state index in [0.717, 1.165) is 17.2 Å². The number of amides is 2. The van der Waals surface area contributed by atoms with Crippen molar-refractivity contribution in [1.29, 1.82) is 0 Å². The van der Waals surface area contributed by atoms with Crippen LogP contribution in [0.4, 0.5) is 5.69 Å². The number of carbonyl (C=O) groups is 2. The van der Waals surface area contributed by atoms with Crippen LogP contribution in [0.5, 0.6) is 0 Å². The van der Waals surface area contributed by atoms with Gasteiger partial charge >= 0.3 is 0 Å². The van der Waals surface area contributed by atoms with E-state index in [1.54, 1.807) is 17.4 Å². The molecule has 3 rings (SSSR count). The molecule has 28 heavy (non-hydrogen) atoms. The molecule has 2 amide bonds. The zero-order valence-corrected chi connectivity index (χ0v) is 15.5. The first-order valence-corrected chi connectivity index (χ1v) is 9.02. The van der Waals surface area contributed by atoms with Crippen LogP contribution >= 0.6 is 0 Å². The van der Waals surface area contributed by atoms with Crippen molar-refractivity contribution in [2.45, 2.75) is 19.5 Å². The summed E-state index contributed by atoms with van der Waals surface area (Å²) in [6.07, 6.45) is 3.30. The van der Waals surface area contributed by atoms with Crippen LogP contribution in [-0.2, 0) is 22.7 Å². The third-order valence-electron chi connectivity index (χ3n) is 4.23. The van der Waals surface area contributed by atoms with E-state index in [1.807, 2.05) is 59.5 Å². The lowest BCUT2D eigenvalue weighted by Gasteiger charge is -2.26. The van der Waals surface area contributed by atoms with Gasteiger partial charge in [0.25, 0.3) is 0 Å². The molecule has 0 unspecified atom stereocenters. The van der Waals surface area contributed by atoms with E-state index in [-0.39, 0.29) is 25.4 Å². The van der Waals surface area contributed by atoms with E-state index >= 15 is 0 Å². The topological polar surface area (TPSA) is 92.9 Å². The largest absolute Gasteiger partial charge is 0.468 e. The van der Waals surface area contributed by atoms with Crippen molar-refractivity contribution < 1.29 is 18.4 Å². The number of benzene rings is 1. The van der Waals surface area contributed by atoms with E-state index in [2.05, 4.69) is 0 Å². The van der Waals surface area contributed by atoms with Gasteiger partial charge < -0.3 is 19.5 Å². The fourth-order valence-corrected chi connectivity index (χ4v) is 2.92. The maximum absolute atomic E-state index is 13.1. The van der Waals surface area contributed by atoms with E-state index in [1.165, 1.54) is 0 Å². The fraction of sp³-hybridized carbons (Fsp3) is 0.238. The highest BCUT2D eigenvalue weighted by molar-refractivity contribution is 5.95. The quantitative estimate of drug-likeness (QED) is 0.583. The second-order valence-corrected chi connectivity index (χ2v) is 6.40. The molecular formula is C21H23N3O4. The Balaban J connectivity index is 1.75. The number of nitrogens with two attached hydrogens (primary N) is 1. The van der Waals surface area contributed by atoms with Gasteiger partial charge in [-0.3, -0.25) is 14.5 Å². The summed E-state index contributed by atoms with van der Waals surface area (Å²) >= 11 is 0. The summed E-state index contributed by atoms with van der Waals surface area (Å²) in [6, 6.07) is 16.6. The predicted octanol–water partition coefficient (Wildman–Crippen LogP) is 2.78. The molecule has 2 N–H and O–H groups in total. The van der Waals surface area contributed by atoms with Crippen LogP contribution in [0.15, 0.2) is 76.0 Å². The van der Waals surface area contributed by atoms with Crippen LogP contribution in [-0.4, -0.2) is 29.8 Å². The standard InChI is InChI=1S/C21H23N3O4/c22-20(25)10-11-24(17-6-2-1-3-7-17)21(26)16-23(14-18-8-4-12-27-18)15-19-9-5-13-28-19/h1-9,12-13H,10-11,14-16H2,(H2,22,25). The molecule has 0 radical (unpaired) electrons. The number of primary amides is 1. The summed E-state index contributed by atoms with van der Waals surface area (Å²) in [7, 11) is 0. The molecular weight excluding hydrogens is 358 g/mol. The number of para-hydroxylation sites is 1. The van der Waals surface area contributed by atoms with Crippen LogP contribution in [0.3, 0.4) is 0 Å². The van der Waals surface area contributed by atoms with E-state index in [0.29, 0.717) is 13.1 Å². The van der Waals surface area contributed by atoms with E-state index < -0.39 is 5.91 Å². The van der Waals surface area contributed by atoms with Crippen molar-refractivity contribution in [2.24, 2.45) is 5.73 Å². The molecule has 0 saturated carbocycles. The lowest BCUT2D eigenvalue weighted by molar-refractivity contribution is -0.120. The predicted molar refractivity (Wildman–Crippen MR) is 104 cm³/mol. The first-order chi connectivity index (χ1) is 13.6. The maximum atomic E-state index is 13.1. The van der Waals surface area contributed by atoms with Crippen LogP contribution in [0.2, 0.25) is 0 Å². The number of anilines is 1. The van der Waals surface area contributed by atoms with E-state index in [9.17, 15) is 9.59 Å². The molecule has 0 aliphatic rings. The molecule has 7 nitrogen and oxygen atoms in total. The molecule has 0 fully saturated rings. The van der Waals surface area contributed by atoms with Gasteiger partial charge in [-0.05, 0) is 36.4 Å². The third kappa shape index (κ3) is 5.59. The van der Waals surface area contributed by atoms with Crippen LogP contribution in [0, 0.1) is 0 Å². The van der Waals surface area contributed by atoms with Gasteiger partial charge in [-0.1, -0.05) is 18.2 Å². The molecule has 146 valence electrons. The minimum Gasteiger partial charge on any atom is -0.468 e.